The van der Waals surface area contributed by atoms with E-state index in [4.69, 9.17) is 4.52 Å². The summed E-state index contributed by atoms with van der Waals surface area (Å²) in [4.78, 5) is 15.6. The Morgan fingerprint density at radius 1 is 1.38 bits per heavy atom. The van der Waals surface area contributed by atoms with Crippen LogP contribution >= 0.6 is 0 Å². The maximum Gasteiger partial charge on any atom is 0.422 e. The van der Waals surface area contributed by atoms with Gasteiger partial charge in [0.05, 0.1) is 0 Å². The highest BCUT2D eigenvalue weighted by molar-refractivity contribution is 5.90. The summed E-state index contributed by atoms with van der Waals surface area (Å²) in [7, 11) is 0. The monoisotopic (exact) mass is 344 g/mol. The van der Waals surface area contributed by atoms with E-state index < -0.39 is 18.8 Å². The largest absolute Gasteiger partial charge is 0.468 e. The van der Waals surface area contributed by atoms with Crippen LogP contribution in [0.25, 0.3) is 0 Å². The zero-order chi connectivity index (χ0) is 17.7. The van der Waals surface area contributed by atoms with Gasteiger partial charge in [-0.25, -0.2) is 9.78 Å². The maximum atomic E-state index is 12.2. The Balaban J connectivity index is 1.95. The second kappa shape index (κ2) is 7.20. The molecule has 0 bridgehead atoms. The number of hydrogen-bond acceptors (Lipinski definition) is 5. The molecule has 0 saturated carbocycles. The normalized spacial score (nSPS) is 11.2. The molecule has 0 aliphatic rings. The number of ether oxygens (including phenoxy) is 1. The van der Waals surface area contributed by atoms with E-state index in [0.717, 1.165) is 0 Å². The van der Waals surface area contributed by atoms with Crippen molar-refractivity contribution in [2.75, 3.05) is 11.9 Å². The third-order valence-corrected chi connectivity index (χ3v) is 2.93. The number of pyridine rings is 1. The molecule has 0 aromatic carbocycles. The van der Waals surface area contributed by atoms with Crippen LogP contribution in [0.15, 0.2) is 22.9 Å². The molecule has 0 radical (unpaired) electrons. The number of aromatic nitrogens is 2. The Kier molecular flexibility index (Phi) is 5.27. The van der Waals surface area contributed by atoms with Crippen LogP contribution in [0.2, 0.25) is 0 Å². The van der Waals surface area contributed by atoms with Gasteiger partial charge in [-0.2, -0.15) is 13.2 Å². The van der Waals surface area contributed by atoms with Gasteiger partial charge < -0.3 is 19.9 Å². The molecule has 10 heteroatoms. The van der Waals surface area contributed by atoms with Crippen molar-refractivity contribution in [3.8, 4) is 5.88 Å². The predicted octanol–water partition coefficient (Wildman–Crippen LogP) is 2.95. The number of urea groups is 1. The zero-order valence-corrected chi connectivity index (χ0v) is 12.9. The van der Waals surface area contributed by atoms with Crippen LogP contribution in [0.1, 0.15) is 17.0 Å². The molecule has 0 atom stereocenters. The number of carbonyl (C=O) groups is 1. The van der Waals surface area contributed by atoms with Crippen LogP contribution in [-0.2, 0) is 6.54 Å². The van der Waals surface area contributed by atoms with E-state index in [1.54, 1.807) is 13.8 Å². The molecule has 2 heterocycles. The molecule has 0 aliphatic heterocycles. The minimum absolute atomic E-state index is 0.0593. The third-order valence-electron chi connectivity index (χ3n) is 2.93. The Hall–Kier alpha value is -2.78. The summed E-state index contributed by atoms with van der Waals surface area (Å²) in [6.07, 6.45) is -3.16. The molecule has 24 heavy (non-hydrogen) atoms. The van der Waals surface area contributed by atoms with Crippen molar-refractivity contribution in [2.45, 2.75) is 26.6 Å². The topological polar surface area (TPSA) is 89.3 Å². The van der Waals surface area contributed by atoms with Crippen molar-refractivity contribution < 1.29 is 27.2 Å². The van der Waals surface area contributed by atoms with Crippen molar-refractivity contribution in [1.29, 1.82) is 0 Å². The van der Waals surface area contributed by atoms with Gasteiger partial charge in [-0.3, -0.25) is 0 Å². The Bertz CT molecular complexity index is 696. The first-order valence-electron chi connectivity index (χ1n) is 6.87. The Labute approximate surface area is 135 Å². The van der Waals surface area contributed by atoms with Crippen LogP contribution in [0.3, 0.4) is 0 Å². The van der Waals surface area contributed by atoms with E-state index in [2.05, 4.69) is 25.5 Å². The molecule has 2 aromatic rings. The first kappa shape index (κ1) is 17.6. The van der Waals surface area contributed by atoms with Crippen molar-refractivity contribution in [2.24, 2.45) is 0 Å². The van der Waals surface area contributed by atoms with Gasteiger partial charge in [0.25, 0.3) is 0 Å². The third kappa shape index (κ3) is 4.86. The van der Waals surface area contributed by atoms with Gasteiger partial charge in [0.1, 0.15) is 11.4 Å². The Morgan fingerprint density at radius 3 is 2.75 bits per heavy atom. The van der Waals surface area contributed by atoms with Crippen LogP contribution in [0.5, 0.6) is 5.88 Å². The van der Waals surface area contributed by atoms with Crippen molar-refractivity contribution >= 4 is 11.7 Å². The number of anilines is 1. The number of nitrogens with zero attached hydrogens (tertiary/aromatic N) is 2. The van der Waals surface area contributed by atoms with Crippen molar-refractivity contribution in [3.63, 3.8) is 0 Å². The first-order chi connectivity index (χ1) is 11.3. The lowest BCUT2D eigenvalue weighted by molar-refractivity contribution is -0.154. The van der Waals surface area contributed by atoms with Gasteiger partial charge in [-0.05, 0) is 19.9 Å². The highest BCUT2D eigenvalue weighted by Crippen LogP contribution is 2.20. The van der Waals surface area contributed by atoms with Crippen molar-refractivity contribution in [3.05, 3.63) is 35.3 Å². The lowest BCUT2D eigenvalue weighted by Crippen LogP contribution is -2.29. The summed E-state index contributed by atoms with van der Waals surface area (Å²) in [5.41, 5.74) is 1.26. The number of amides is 2. The van der Waals surface area contributed by atoms with Crippen LogP contribution in [0.4, 0.5) is 23.7 Å². The predicted molar refractivity (Wildman–Crippen MR) is 77.6 cm³/mol. The molecule has 2 amide bonds. The standard InChI is InChI=1S/C14H15F3N4O3/c1-8-11(9(2)24-21-8)20-13(22)19-6-10-4-3-5-18-12(10)23-7-14(15,16)17/h3-5H,6-7H2,1-2H3,(H2,19,20,22). The van der Waals surface area contributed by atoms with Crippen LogP contribution in [0, 0.1) is 13.8 Å². The molecule has 2 N–H and O–H groups in total. The molecule has 130 valence electrons. The van der Waals surface area contributed by atoms with E-state index in [1.165, 1.54) is 18.3 Å². The molecule has 0 spiro atoms. The smallest absolute Gasteiger partial charge is 0.422 e. The molecular formula is C14H15F3N4O3. The second-order valence-corrected chi connectivity index (χ2v) is 4.88. The van der Waals surface area contributed by atoms with Gasteiger partial charge in [-0.1, -0.05) is 11.2 Å². The molecule has 0 fully saturated rings. The van der Waals surface area contributed by atoms with Gasteiger partial charge in [0, 0.05) is 18.3 Å². The molecule has 0 unspecified atom stereocenters. The van der Waals surface area contributed by atoms with E-state index in [9.17, 15) is 18.0 Å². The minimum Gasteiger partial charge on any atom is -0.468 e. The number of rotatable bonds is 5. The lowest BCUT2D eigenvalue weighted by atomic mass is 10.2. The average molecular weight is 344 g/mol. The van der Waals surface area contributed by atoms with Gasteiger partial charge >= 0.3 is 12.2 Å². The van der Waals surface area contributed by atoms with E-state index in [-0.39, 0.29) is 12.4 Å². The first-order valence-corrected chi connectivity index (χ1v) is 6.87. The second-order valence-electron chi connectivity index (χ2n) is 4.88. The average Bonchev–Trinajstić information content (AvgIpc) is 2.83. The number of halogens is 3. The van der Waals surface area contributed by atoms with Crippen LogP contribution < -0.4 is 15.4 Å². The van der Waals surface area contributed by atoms with Crippen LogP contribution in [-0.4, -0.2) is 29.0 Å². The number of hydrogen-bond donors (Lipinski definition) is 2. The maximum absolute atomic E-state index is 12.2. The fourth-order valence-corrected chi connectivity index (χ4v) is 1.83. The summed E-state index contributed by atoms with van der Waals surface area (Å²) in [6, 6.07) is 2.48. The number of nitrogens with one attached hydrogen (secondary N) is 2. The summed E-state index contributed by atoms with van der Waals surface area (Å²) in [5.74, 6) is 0.255. The molecule has 2 aromatic heterocycles. The zero-order valence-electron chi connectivity index (χ0n) is 12.9. The minimum atomic E-state index is -4.47. The fraction of sp³-hybridized carbons (Fsp3) is 0.357. The SMILES string of the molecule is Cc1noc(C)c1NC(=O)NCc1cccnc1OCC(F)(F)F. The molecular weight excluding hydrogens is 329 g/mol. The quantitative estimate of drug-likeness (QED) is 0.870. The fourth-order valence-electron chi connectivity index (χ4n) is 1.83. The summed E-state index contributed by atoms with van der Waals surface area (Å²) in [6.45, 7) is 1.79. The lowest BCUT2D eigenvalue weighted by Gasteiger charge is -2.12. The summed E-state index contributed by atoms with van der Waals surface area (Å²) < 4.78 is 46.2. The molecule has 7 nitrogen and oxygen atoms in total. The number of carbonyl (C=O) groups excluding carboxylic acids is 1. The summed E-state index contributed by atoms with van der Waals surface area (Å²) in [5, 5.41) is 8.76. The Morgan fingerprint density at radius 2 is 2.12 bits per heavy atom. The highest BCUT2D eigenvalue weighted by atomic mass is 19.4. The van der Waals surface area contributed by atoms with E-state index in [1.807, 2.05) is 0 Å². The van der Waals surface area contributed by atoms with E-state index >= 15 is 0 Å². The molecule has 2 rings (SSSR count). The molecule has 0 aliphatic carbocycles. The van der Waals surface area contributed by atoms with Crippen molar-refractivity contribution in [1.82, 2.24) is 15.5 Å². The number of aryl methyl sites for hydroxylation is 2. The highest BCUT2D eigenvalue weighted by Gasteiger charge is 2.29. The van der Waals surface area contributed by atoms with E-state index in [0.29, 0.717) is 22.7 Å². The molecule has 0 saturated heterocycles. The van der Waals surface area contributed by atoms with Gasteiger partial charge in [-0.15, -0.1) is 0 Å². The van der Waals surface area contributed by atoms with Gasteiger partial charge in [0.15, 0.2) is 12.4 Å². The van der Waals surface area contributed by atoms with Gasteiger partial charge in [0.2, 0.25) is 5.88 Å². The summed E-state index contributed by atoms with van der Waals surface area (Å²) >= 11 is 0. The number of alkyl halides is 3.